The topological polar surface area (TPSA) is 60.9 Å². The standard InChI is InChI=1S/C18H21N3O2S3/c1-12-9-15(13(2)21(12)7-6-14-5-4-8-25-14)16(22)10-26-18-20-19-17(23-18)11-24-3/h4-5,8-9H,6-7,10-11H2,1-3H3. The smallest absolute Gasteiger partial charge is 0.277 e. The fourth-order valence-corrected chi connectivity index (χ4v) is 4.51. The van der Waals surface area contributed by atoms with Gasteiger partial charge < -0.3 is 8.98 Å². The summed E-state index contributed by atoms with van der Waals surface area (Å²) in [6, 6.07) is 6.21. The van der Waals surface area contributed by atoms with Crippen LogP contribution in [0.15, 0.2) is 33.2 Å². The van der Waals surface area contributed by atoms with Gasteiger partial charge in [-0.2, -0.15) is 11.8 Å². The van der Waals surface area contributed by atoms with Gasteiger partial charge in [-0.3, -0.25) is 4.79 Å². The number of carbonyl (C=O) groups is 1. The van der Waals surface area contributed by atoms with Crippen molar-refractivity contribution in [2.45, 2.75) is 37.8 Å². The van der Waals surface area contributed by atoms with E-state index in [9.17, 15) is 4.79 Å². The second-order valence-corrected chi connectivity index (χ2v) is 8.70. The van der Waals surface area contributed by atoms with Crippen molar-refractivity contribution in [2.24, 2.45) is 0 Å². The predicted molar refractivity (Wildman–Crippen MR) is 109 cm³/mol. The molecule has 0 unspecified atom stereocenters. The first kappa shape index (κ1) is 19.3. The first-order valence-corrected chi connectivity index (χ1v) is 11.5. The zero-order valence-corrected chi connectivity index (χ0v) is 17.5. The third-order valence-electron chi connectivity index (χ3n) is 4.08. The lowest BCUT2D eigenvalue weighted by molar-refractivity contribution is 0.102. The fraction of sp³-hybridized carbons (Fsp3) is 0.389. The van der Waals surface area contributed by atoms with Gasteiger partial charge in [0, 0.05) is 28.4 Å². The number of carbonyl (C=O) groups excluding carboxylic acids is 1. The molecule has 0 aliphatic heterocycles. The van der Waals surface area contributed by atoms with E-state index in [1.807, 2.05) is 19.2 Å². The molecular formula is C18H21N3O2S3. The van der Waals surface area contributed by atoms with Gasteiger partial charge in [-0.25, -0.2) is 0 Å². The Morgan fingerprint density at radius 1 is 1.35 bits per heavy atom. The Hall–Kier alpha value is -1.51. The molecule has 0 aliphatic rings. The normalized spacial score (nSPS) is 11.2. The molecular weight excluding hydrogens is 386 g/mol. The van der Waals surface area contributed by atoms with Crippen LogP contribution in [0.1, 0.15) is 32.5 Å². The molecule has 3 rings (SSSR count). The average Bonchev–Trinajstić information content (AvgIpc) is 3.34. The van der Waals surface area contributed by atoms with Gasteiger partial charge in [0.1, 0.15) is 0 Å². The number of hydrogen-bond donors (Lipinski definition) is 0. The van der Waals surface area contributed by atoms with Gasteiger partial charge in [0.05, 0.1) is 11.5 Å². The van der Waals surface area contributed by atoms with E-state index in [4.69, 9.17) is 4.42 Å². The Balaban J connectivity index is 1.62. The highest BCUT2D eigenvalue weighted by Crippen LogP contribution is 2.22. The van der Waals surface area contributed by atoms with Crippen LogP contribution in [0.3, 0.4) is 0 Å². The lowest BCUT2D eigenvalue weighted by Crippen LogP contribution is -2.08. The molecule has 0 saturated heterocycles. The third kappa shape index (κ3) is 4.61. The molecule has 0 atom stereocenters. The summed E-state index contributed by atoms with van der Waals surface area (Å²) in [4.78, 5) is 14.0. The largest absolute Gasteiger partial charge is 0.415 e. The minimum absolute atomic E-state index is 0.0927. The van der Waals surface area contributed by atoms with Gasteiger partial charge in [-0.15, -0.1) is 21.5 Å². The monoisotopic (exact) mass is 407 g/mol. The van der Waals surface area contributed by atoms with Gasteiger partial charge in [0.15, 0.2) is 5.78 Å². The summed E-state index contributed by atoms with van der Waals surface area (Å²) in [5, 5.41) is 10.5. The molecule has 138 valence electrons. The van der Waals surface area contributed by atoms with Crippen molar-refractivity contribution < 1.29 is 9.21 Å². The molecule has 0 bridgehead atoms. The van der Waals surface area contributed by atoms with Crippen LogP contribution in [0.2, 0.25) is 0 Å². The fourth-order valence-electron chi connectivity index (χ4n) is 2.79. The van der Waals surface area contributed by atoms with Crippen molar-refractivity contribution in [2.75, 3.05) is 12.0 Å². The van der Waals surface area contributed by atoms with Gasteiger partial charge in [-0.05, 0) is 44.0 Å². The molecule has 3 aromatic rings. The van der Waals surface area contributed by atoms with E-state index < -0.39 is 0 Å². The van der Waals surface area contributed by atoms with E-state index in [2.05, 4.69) is 39.2 Å². The molecule has 0 radical (unpaired) electrons. The molecule has 0 saturated carbocycles. The maximum atomic E-state index is 12.6. The number of nitrogens with zero attached hydrogens (tertiary/aromatic N) is 3. The lowest BCUT2D eigenvalue weighted by atomic mass is 10.2. The van der Waals surface area contributed by atoms with Gasteiger partial charge in [0.25, 0.3) is 5.22 Å². The Morgan fingerprint density at radius 2 is 2.19 bits per heavy atom. The molecule has 0 N–H and O–H groups in total. The van der Waals surface area contributed by atoms with E-state index in [0.717, 1.165) is 29.9 Å². The number of thioether (sulfide) groups is 2. The number of hydrogen-bond acceptors (Lipinski definition) is 7. The zero-order chi connectivity index (χ0) is 18.5. The quantitative estimate of drug-likeness (QED) is 0.381. The summed E-state index contributed by atoms with van der Waals surface area (Å²) in [6.45, 7) is 4.96. The van der Waals surface area contributed by atoms with Crippen LogP contribution in [0, 0.1) is 13.8 Å². The summed E-state index contributed by atoms with van der Waals surface area (Å²) in [5.74, 6) is 1.68. The summed E-state index contributed by atoms with van der Waals surface area (Å²) in [6.07, 6.45) is 2.96. The molecule has 0 fully saturated rings. The highest BCUT2D eigenvalue weighted by atomic mass is 32.2. The van der Waals surface area contributed by atoms with Gasteiger partial charge in [0.2, 0.25) is 5.89 Å². The van der Waals surface area contributed by atoms with E-state index >= 15 is 0 Å². The highest BCUT2D eigenvalue weighted by Gasteiger charge is 2.17. The minimum Gasteiger partial charge on any atom is -0.415 e. The molecule has 0 aliphatic carbocycles. The Bertz CT molecular complexity index is 869. The van der Waals surface area contributed by atoms with Crippen molar-refractivity contribution in [1.82, 2.24) is 14.8 Å². The number of aryl methyl sites for hydroxylation is 2. The van der Waals surface area contributed by atoms with Crippen LogP contribution >= 0.6 is 34.9 Å². The summed E-state index contributed by atoms with van der Waals surface area (Å²) >= 11 is 4.69. The van der Waals surface area contributed by atoms with Crippen LogP contribution in [0.5, 0.6) is 0 Å². The Morgan fingerprint density at radius 3 is 2.92 bits per heavy atom. The van der Waals surface area contributed by atoms with E-state index in [1.54, 1.807) is 23.1 Å². The Labute approximate surface area is 165 Å². The van der Waals surface area contributed by atoms with Gasteiger partial charge >= 0.3 is 0 Å². The molecule has 8 heteroatoms. The van der Waals surface area contributed by atoms with E-state index in [-0.39, 0.29) is 5.78 Å². The number of ketones is 1. The molecule has 5 nitrogen and oxygen atoms in total. The maximum absolute atomic E-state index is 12.6. The van der Waals surface area contributed by atoms with Crippen LogP contribution in [-0.2, 0) is 18.7 Å². The number of rotatable bonds is 9. The number of thiophene rings is 1. The van der Waals surface area contributed by atoms with Crippen molar-refractivity contribution in [3.05, 3.63) is 51.3 Å². The Kier molecular flexibility index (Phi) is 6.61. The average molecular weight is 408 g/mol. The zero-order valence-electron chi connectivity index (χ0n) is 15.0. The maximum Gasteiger partial charge on any atom is 0.277 e. The van der Waals surface area contributed by atoms with Crippen LogP contribution in [-0.4, -0.2) is 32.6 Å². The first-order valence-electron chi connectivity index (χ1n) is 8.25. The van der Waals surface area contributed by atoms with Crippen molar-refractivity contribution in [3.63, 3.8) is 0 Å². The molecule has 0 amide bonds. The minimum atomic E-state index is 0.0927. The third-order valence-corrected chi connectivity index (χ3v) is 6.37. The van der Waals surface area contributed by atoms with Crippen LogP contribution in [0.25, 0.3) is 0 Å². The molecule has 26 heavy (non-hydrogen) atoms. The van der Waals surface area contributed by atoms with E-state index in [1.165, 1.54) is 16.6 Å². The van der Waals surface area contributed by atoms with Crippen molar-refractivity contribution in [3.8, 4) is 0 Å². The summed E-state index contributed by atoms with van der Waals surface area (Å²) in [7, 11) is 0. The van der Waals surface area contributed by atoms with Crippen LogP contribution < -0.4 is 0 Å². The number of Topliss-reactive ketones (excluding diaryl/α,β-unsaturated/α-hetero) is 1. The second kappa shape index (κ2) is 8.92. The predicted octanol–water partition coefficient (Wildman–Crippen LogP) is 4.63. The lowest BCUT2D eigenvalue weighted by Gasteiger charge is -2.08. The molecule has 3 aromatic heterocycles. The van der Waals surface area contributed by atoms with Crippen molar-refractivity contribution >= 4 is 40.6 Å². The molecule has 0 spiro atoms. The van der Waals surface area contributed by atoms with Gasteiger partial charge in [-0.1, -0.05) is 17.8 Å². The summed E-state index contributed by atoms with van der Waals surface area (Å²) < 4.78 is 7.74. The summed E-state index contributed by atoms with van der Waals surface area (Å²) in [5.41, 5.74) is 2.93. The van der Waals surface area contributed by atoms with Crippen LogP contribution in [0.4, 0.5) is 0 Å². The molecule has 3 heterocycles. The SMILES string of the molecule is CSCc1nnc(SCC(=O)c2cc(C)n(CCc3cccs3)c2C)o1. The van der Waals surface area contributed by atoms with E-state index in [0.29, 0.717) is 22.6 Å². The second-order valence-electron chi connectivity index (χ2n) is 5.87. The van der Waals surface area contributed by atoms with Crippen molar-refractivity contribution in [1.29, 1.82) is 0 Å². The highest BCUT2D eigenvalue weighted by molar-refractivity contribution is 7.99. The molecule has 0 aromatic carbocycles. The first-order chi connectivity index (χ1) is 12.6. The number of aromatic nitrogens is 3.